The van der Waals surface area contributed by atoms with Crippen LogP contribution in [0.5, 0.6) is 0 Å². The van der Waals surface area contributed by atoms with Crippen LogP contribution in [0.25, 0.3) is 0 Å². The zero-order valence-corrected chi connectivity index (χ0v) is 16.7. The summed E-state index contributed by atoms with van der Waals surface area (Å²) < 4.78 is 32.6. The summed E-state index contributed by atoms with van der Waals surface area (Å²) in [5, 5.41) is 2.72. The van der Waals surface area contributed by atoms with E-state index in [1.165, 1.54) is 16.6 Å². The monoisotopic (exact) mass is 413 g/mol. The average Bonchev–Trinajstić information content (AvgIpc) is 3.13. The molecule has 1 aromatic carbocycles. The van der Waals surface area contributed by atoms with Crippen LogP contribution in [0.15, 0.2) is 39.8 Å². The van der Waals surface area contributed by atoms with Gasteiger partial charge in [-0.3, -0.25) is 4.79 Å². The van der Waals surface area contributed by atoms with Gasteiger partial charge < -0.3 is 15.5 Å². The van der Waals surface area contributed by atoms with Crippen molar-refractivity contribution in [2.24, 2.45) is 5.73 Å². The predicted molar refractivity (Wildman–Crippen MR) is 106 cm³/mol. The van der Waals surface area contributed by atoms with Gasteiger partial charge in [-0.15, -0.1) is 12.4 Å². The van der Waals surface area contributed by atoms with Gasteiger partial charge in [0.2, 0.25) is 10.0 Å². The molecule has 1 fully saturated rings. The van der Waals surface area contributed by atoms with Crippen molar-refractivity contribution >= 4 is 34.0 Å². The molecule has 0 saturated carbocycles. The molecule has 0 unspecified atom stereocenters. The topological polar surface area (TPSA) is 106 Å². The zero-order chi connectivity index (χ0) is 18.7. The van der Waals surface area contributed by atoms with E-state index in [2.05, 4.69) is 5.32 Å². The summed E-state index contributed by atoms with van der Waals surface area (Å²) >= 11 is 0. The van der Waals surface area contributed by atoms with E-state index < -0.39 is 10.0 Å². The Morgan fingerprint density at radius 3 is 2.56 bits per heavy atom. The summed E-state index contributed by atoms with van der Waals surface area (Å²) in [4.78, 5) is 12.5. The first-order valence-electron chi connectivity index (χ1n) is 8.61. The zero-order valence-electron chi connectivity index (χ0n) is 15.1. The molecule has 0 bridgehead atoms. The molecule has 2 aromatic rings. The van der Waals surface area contributed by atoms with Crippen LogP contribution < -0.4 is 11.1 Å². The van der Waals surface area contributed by atoms with Gasteiger partial charge in [0.15, 0.2) is 0 Å². The molecule has 1 aromatic heterocycles. The largest absolute Gasteiger partial charge is 0.467 e. The van der Waals surface area contributed by atoms with Crippen molar-refractivity contribution < 1.29 is 17.6 Å². The number of carbonyl (C=O) groups excluding carboxylic acids is 1. The molecule has 3 rings (SSSR count). The lowest BCUT2D eigenvalue weighted by atomic mass is 10.2. The smallest absolute Gasteiger partial charge is 0.258 e. The number of benzene rings is 1. The van der Waals surface area contributed by atoms with Crippen LogP contribution in [-0.4, -0.2) is 31.7 Å². The lowest BCUT2D eigenvalue weighted by Gasteiger charge is -2.26. The molecule has 7 nitrogen and oxygen atoms in total. The fourth-order valence-electron chi connectivity index (χ4n) is 3.01. The van der Waals surface area contributed by atoms with Crippen molar-refractivity contribution in [1.82, 2.24) is 4.31 Å². The number of nitrogens with one attached hydrogen (secondary N) is 1. The highest BCUT2D eigenvalue weighted by Crippen LogP contribution is 2.26. The number of sulfonamides is 1. The highest BCUT2D eigenvalue weighted by Gasteiger charge is 2.27. The van der Waals surface area contributed by atoms with Gasteiger partial charge in [0, 0.05) is 18.8 Å². The maximum Gasteiger partial charge on any atom is 0.258 e. The van der Waals surface area contributed by atoms with Crippen LogP contribution in [-0.2, 0) is 16.6 Å². The van der Waals surface area contributed by atoms with Crippen LogP contribution in [0.1, 0.15) is 40.9 Å². The third-order valence-electron chi connectivity index (χ3n) is 4.50. The fraction of sp³-hybridized carbons (Fsp3) is 0.389. The summed E-state index contributed by atoms with van der Waals surface area (Å²) in [6.45, 7) is 3.03. The SMILES string of the molecule is Cc1ccc(NC(=O)c2coc(CN)c2)cc1S(=O)(=O)N1CCCCC1.Cl. The fourth-order valence-corrected chi connectivity index (χ4v) is 4.78. The van der Waals surface area contributed by atoms with Crippen molar-refractivity contribution in [3.05, 3.63) is 47.4 Å². The molecule has 1 aliphatic heterocycles. The molecule has 0 radical (unpaired) electrons. The number of hydrogen-bond acceptors (Lipinski definition) is 5. The molecule has 3 N–H and O–H groups in total. The van der Waals surface area contributed by atoms with Crippen molar-refractivity contribution in [2.45, 2.75) is 37.6 Å². The van der Waals surface area contributed by atoms with Gasteiger partial charge in [-0.1, -0.05) is 12.5 Å². The van der Waals surface area contributed by atoms with Crippen LogP contribution >= 0.6 is 12.4 Å². The third-order valence-corrected chi connectivity index (χ3v) is 6.54. The minimum atomic E-state index is -3.57. The Kier molecular flexibility index (Phi) is 7.05. The number of carbonyl (C=O) groups is 1. The van der Waals surface area contributed by atoms with E-state index in [9.17, 15) is 13.2 Å². The summed E-state index contributed by atoms with van der Waals surface area (Å²) in [6, 6.07) is 6.47. The van der Waals surface area contributed by atoms with Gasteiger partial charge in [-0.2, -0.15) is 4.31 Å². The number of anilines is 1. The molecular formula is C18H24ClN3O4S. The van der Waals surface area contributed by atoms with Gasteiger partial charge in [-0.05, 0) is 43.5 Å². The van der Waals surface area contributed by atoms with Gasteiger partial charge in [0.25, 0.3) is 5.91 Å². The van der Waals surface area contributed by atoms with Gasteiger partial charge in [0.1, 0.15) is 12.0 Å². The Morgan fingerprint density at radius 2 is 1.93 bits per heavy atom. The lowest BCUT2D eigenvalue weighted by molar-refractivity contribution is 0.102. The summed E-state index contributed by atoms with van der Waals surface area (Å²) in [6.07, 6.45) is 4.13. The molecule has 148 valence electrons. The Labute approximate surface area is 165 Å². The van der Waals surface area contributed by atoms with E-state index in [-0.39, 0.29) is 29.8 Å². The second-order valence-electron chi connectivity index (χ2n) is 6.40. The first-order valence-corrected chi connectivity index (χ1v) is 10.1. The number of piperidine rings is 1. The number of aryl methyl sites for hydroxylation is 1. The Balaban J connectivity index is 0.00000261. The van der Waals surface area contributed by atoms with Crippen LogP contribution in [0.3, 0.4) is 0 Å². The first-order chi connectivity index (χ1) is 12.4. The molecule has 0 spiro atoms. The number of halogens is 1. The standard InChI is InChI=1S/C18H23N3O4S.ClH/c1-13-5-6-15(20-18(22)14-9-16(11-19)25-12-14)10-17(13)26(23,24)21-7-3-2-4-8-21;/h5-6,9-10,12H,2-4,7-8,11,19H2,1H3,(H,20,22);1H. The highest BCUT2D eigenvalue weighted by molar-refractivity contribution is 7.89. The summed E-state index contributed by atoms with van der Waals surface area (Å²) in [5.74, 6) is 0.131. The number of rotatable bonds is 5. The molecular weight excluding hydrogens is 390 g/mol. The van der Waals surface area contributed by atoms with E-state index in [4.69, 9.17) is 10.2 Å². The Bertz CT molecular complexity index is 905. The molecule has 2 heterocycles. The normalized spacial score (nSPS) is 15.2. The van der Waals surface area contributed by atoms with Crippen molar-refractivity contribution in [1.29, 1.82) is 0 Å². The van der Waals surface area contributed by atoms with Crippen molar-refractivity contribution in [3.8, 4) is 0 Å². The molecule has 1 saturated heterocycles. The van der Waals surface area contributed by atoms with Crippen molar-refractivity contribution in [2.75, 3.05) is 18.4 Å². The van der Waals surface area contributed by atoms with Gasteiger partial charge in [-0.25, -0.2) is 8.42 Å². The van der Waals surface area contributed by atoms with E-state index in [1.54, 1.807) is 25.1 Å². The molecule has 27 heavy (non-hydrogen) atoms. The maximum absolute atomic E-state index is 12.9. The number of amides is 1. The minimum absolute atomic E-state index is 0. The summed E-state index contributed by atoms with van der Waals surface area (Å²) in [7, 11) is -3.57. The van der Waals surface area contributed by atoms with Gasteiger partial charge in [0.05, 0.1) is 17.0 Å². The van der Waals surface area contributed by atoms with Crippen LogP contribution in [0, 0.1) is 6.92 Å². The Hall–Kier alpha value is -1.87. The lowest BCUT2D eigenvalue weighted by Crippen LogP contribution is -2.36. The average molecular weight is 414 g/mol. The van der Waals surface area contributed by atoms with Gasteiger partial charge >= 0.3 is 0 Å². The molecule has 0 atom stereocenters. The van der Waals surface area contributed by atoms with Crippen LogP contribution in [0.2, 0.25) is 0 Å². The predicted octanol–water partition coefficient (Wildman–Crippen LogP) is 2.90. The molecule has 1 amide bonds. The minimum Gasteiger partial charge on any atom is -0.467 e. The van der Waals surface area contributed by atoms with Crippen molar-refractivity contribution in [3.63, 3.8) is 0 Å². The van der Waals surface area contributed by atoms with Crippen LogP contribution in [0.4, 0.5) is 5.69 Å². The number of hydrogen-bond donors (Lipinski definition) is 2. The second-order valence-corrected chi connectivity index (χ2v) is 8.31. The van der Waals surface area contributed by atoms with E-state index in [0.29, 0.717) is 35.7 Å². The molecule has 0 aliphatic carbocycles. The second kappa shape index (κ2) is 8.88. The first kappa shape index (κ1) is 21.4. The molecule has 9 heteroatoms. The third kappa shape index (κ3) is 4.70. The number of furan rings is 1. The van der Waals surface area contributed by atoms with E-state index in [1.807, 2.05) is 0 Å². The number of nitrogens with zero attached hydrogens (tertiary/aromatic N) is 1. The maximum atomic E-state index is 12.9. The van der Waals surface area contributed by atoms with E-state index in [0.717, 1.165) is 19.3 Å². The Morgan fingerprint density at radius 1 is 1.22 bits per heavy atom. The quantitative estimate of drug-likeness (QED) is 0.783. The van der Waals surface area contributed by atoms with E-state index >= 15 is 0 Å². The highest BCUT2D eigenvalue weighted by atomic mass is 35.5. The molecule has 1 aliphatic rings. The number of nitrogens with two attached hydrogens (primary N) is 1. The summed E-state index contributed by atoms with van der Waals surface area (Å²) in [5.41, 5.74) is 6.89.